The van der Waals surface area contributed by atoms with E-state index in [0.29, 0.717) is 0 Å². The topological polar surface area (TPSA) is 111 Å². The molecule has 4 N–H and O–H groups in total. The Bertz CT molecular complexity index is 344. The lowest BCUT2D eigenvalue weighted by atomic mass is 10.3. The molecule has 2 rings (SSSR count). The van der Waals surface area contributed by atoms with E-state index in [1.54, 1.807) is 0 Å². The average Bonchev–Trinajstić information content (AvgIpc) is 2.58. The lowest BCUT2D eigenvalue weighted by Crippen LogP contribution is -2.50. The molecule has 0 aliphatic carbocycles. The number of carboxylic acids is 1. The summed E-state index contributed by atoms with van der Waals surface area (Å²) in [4.78, 5) is 34.2. The number of rotatable bonds is 2. The Hall–Kier alpha value is -1.99. The molecule has 0 aromatic carbocycles. The lowest BCUT2D eigenvalue weighted by Gasteiger charge is -2.24. The first-order valence-electron chi connectivity index (χ1n) is 4.39. The maximum atomic E-state index is 11.4. The fourth-order valence-corrected chi connectivity index (χ4v) is 1.69. The Labute approximate surface area is 84.6 Å². The van der Waals surface area contributed by atoms with Gasteiger partial charge in [0.1, 0.15) is 18.4 Å². The van der Waals surface area contributed by atoms with E-state index in [-0.39, 0.29) is 0 Å². The van der Waals surface area contributed by atoms with Gasteiger partial charge in [-0.25, -0.2) is 14.4 Å². The van der Waals surface area contributed by atoms with Crippen LogP contribution >= 0.6 is 0 Å². The van der Waals surface area contributed by atoms with Crippen LogP contribution < -0.4 is 16.0 Å². The van der Waals surface area contributed by atoms with Gasteiger partial charge in [0.25, 0.3) is 0 Å². The molecule has 4 amide bonds. The third kappa shape index (κ3) is 1.34. The highest BCUT2D eigenvalue weighted by molar-refractivity contribution is 5.88. The molecule has 8 nitrogen and oxygen atoms in total. The highest BCUT2D eigenvalue weighted by atomic mass is 16.4. The molecule has 2 aliphatic rings. The largest absolute Gasteiger partial charge is 0.480 e. The summed E-state index contributed by atoms with van der Waals surface area (Å²) >= 11 is 0. The average molecular weight is 214 g/mol. The van der Waals surface area contributed by atoms with Gasteiger partial charge in [-0.15, -0.1) is 0 Å². The summed E-state index contributed by atoms with van der Waals surface area (Å²) in [6.07, 6.45) is -1.21. The number of carboxylic acid groups (broad SMARTS) is 1. The monoisotopic (exact) mass is 214 g/mol. The van der Waals surface area contributed by atoms with Crippen LogP contribution in [-0.4, -0.2) is 46.4 Å². The summed E-state index contributed by atoms with van der Waals surface area (Å²) in [5, 5.41) is 16.2. The molecule has 0 spiro atoms. The Morgan fingerprint density at radius 1 is 1.40 bits per heavy atom. The van der Waals surface area contributed by atoms with Crippen molar-refractivity contribution in [1.29, 1.82) is 0 Å². The molecule has 2 aliphatic heterocycles. The predicted octanol–water partition coefficient (Wildman–Crippen LogP) is -1.55. The van der Waals surface area contributed by atoms with E-state index in [1.165, 1.54) is 6.92 Å². The highest BCUT2D eigenvalue weighted by Crippen LogP contribution is 2.17. The molecule has 0 radical (unpaired) electrons. The zero-order valence-electron chi connectivity index (χ0n) is 7.85. The normalized spacial score (nSPS) is 30.3. The van der Waals surface area contributed by atoms with E-state index in [2.05, 4.69) is 16.0 Å². The van der Waals surface area contributed by atoms with E-state index in [0.717, 1.165) is 4.90 Å². The predicted molar refractivity (Wildman–Crippen MR) is 46.7 cm³/mol. The summed E-state index contributed by atoms with van der Waals surface area (Å²) in [5.41, 5.74) is 0. The van der Waals surface area contributed by atoms with E-state index in [9.17, 15) is 14.4 Å². The van der Waals surface area contributed by atoms with E-state index in [4.69, 9.17) is 5.11 Å². The van der Waals surface area contributed by atoms with Crippen LogP contribution in [0.1, 0.15) is 6.92 Å². The Morgan fingerprint density at radius 3 is 2.67 bits per heavy atom. The Morgan fingerprint density at radius 2 is 2.07 bits per heavy atom. The van der Waals surface area contributed by atoms with Gasteiger partial charge in [0.15, 0.2) is 0 Å². The molecule has 3 atom stereocenters. The summed E-state index contributed by atoms with van der Waals surface area (Å²) in [6.45, 7) is 1.38. The van der Waals surface area contributed by atoms with Crippen molar-refractivity contribution in [3.05, 3.63) is 0 Å². The van der Waals surface area contributed by atoms with E-state index < -0.39 is 36.4 Å². The first-order valence-corrected chi connectivity index (χ1v) is 4.39. The summed E-state index contributed by atoms with van der Waals surface area (Å²) < 4.78 is 0. The number of nitrogens with one attached hydrogen (secondary N) is 3. The van der Waals surface area contributed by atoms with Crippen molar-refractivity contribution in [2.24, 2.45) is 0 Å². The molecule has 0 unspecified atom stereocenters. The smallest absolute Gasteiger partial charge is 0.326 e. The second-order valence-electron chi connectivity index (χ2n) is 3.41. The van der Waals surface area contributed by atoms with Gasteiger partial charge < -0.3 is 21.1 Å². The highest BCUT2D eigenvalue weighted by Gasteiger charge is 2.48. The SMILES string of the molecule is C[C@@H](C(=O)O)N1C(=O)N[C@H]2NC(=O)N[C@@H]21. The minimum absolute atomic E-state index is 0.424. The Kier molecular flexibility index (Phi) is 1.92. The van der Waals surface area contributed by atoms with E-state index >= 15 is 0 Å². The van der Waals surface area contributed by atoms with Crippen LogP contribution in [0.15, 0.2) is 0 Å². The Balaban J connectivity index is 2.20. The lowest BCUT2D eigenvalue weighted by molar-refractivity contribution is -0.142. The molecule has 2 fully saturated rings. The van der Waals surface area contributed by atoms with Gasteiger partial charge in [-0.05, 0) is 6.92 Å². The number of amides is 4. The summed E-state index contributed by atoms with van der Waals surface area (Å²) in [6, 6.07) is -1.92. The first kappa shape index (κ1) is 9.56. The van der Waals surface area contributed by atoms with Gasteiger partial charge in [-0.2, -0.15) is 0 Å². The molecule has 82 valence electrons. The minimum atomic E-state index is -1.12. The van der Waals surface area contributed by atoms with E-state index in [1.807, 2.05) is 0 Å². The fourth-order valence-electron chi connectivity index (χ4n) is 1.69. The van der Waals surface area contributed by atoms with Crippen molar-refractivity contribution in [3.63, 3.8) is 0 Å². The summed E-state index contributed by atoms with van der Waals surface area (Å²) in [5.74, 6) is -1.12. The maximum Gasteiger partial charge on any atom is 0.326 e. The van der Waals surface area contributed by atoms with Crippen molar-refractivity contribution >= 4 is 18.0 Å². The number of hydrogen-bond acceptors (Lipinski definition) is 3. The number of fused-ring (bicyclic) bond motifs is 1. The van der Waals surface area contributed by atoms with Crippen molar-refractivity contribution in [2.75, 3.05) is 0 Å². The van der Waals surface area contributed by atoms with Gasteiger partial charge >= 0.3 is 18.0 Å². The molecule has 8 heteroatoms. The minimum Gasteiger partial charge on any atom is -0.480 e. The quantitative estimate of drug-likeness (QED) is 0.446. The third-order valence-corrected chi connectivity index (χ3v) is 2.47. The van der Waals surface area contributed by atoms with Crippen molar-refractivity contribution < 1.29 is 19.5 Å². The van der Waals surface area contributed by atoms with Crippen LogP contribution in [0.2, 0.25) is 0 Å². The van der Waals surface area contributed by atoms with Gasteiger partial charge in [0.05, 0.1) is 0 Å². The van der Waals surface area contributed by atoms with Crippen LogP contribution in [0, 0.1) is 0 Å². The second kappa shape index (κ2) is 3.01. The number of urea groups is 2. The number of hydrogen-bond donors (Lipinski definition) is 4. The number of aliphatic carboxylic acids is 1. The molecule has 2 saturated heterocycles. The maximum absolute atomic E-state index is 11.4. The third-order valence-electron chi connectivity index (χ3n) is 2.47. The molecule has 0 bridgehead atoms. The molecule has 2 heterocycles. The summed E-state index contributed by atoms with van der Waals surface area (Å²) in [7, 11) is 0. The van der Waals surface area contributed by atoms with Crippen LogP contribution in [0.5, 0.6) is 0 Å². The van der Waals surface area contributed by atoms with Gasteiger partial charge in [-0.3, -0.25) is 4.90 Å². The molecule has 15 heavy (non-hydrogen) atoms. The first-order chi connectivity index (χ1) is 7.00. The van der Waals surface area contributed by atoms with Crippen molar-refractivity contribution in [2.45, 2.75) is 25.3 Å². The molecule has 0 aromatic rings. The molecule has 0 aromatic heterocycles. The number of nitrogens with zero attached hydrogens (tertiary/aromatic N) is 1. The number of carbonyl (C=O) groups excluding carboxylic acids is 2. The van der Waals surface area contributed by atoms with Gasteiger partial charge in [0.2, 0.25) is 0 Å². The van der Waals surface area contributed by atoms with Crippen LogP contribution in [0.25, 0.3) is 0 Å². The molecular weight excluding hydrogens is 204 g/mol. The molecular formula is C7H10N4O4. The van der Waals surface area contributed by atoms with Crippen molar-refractivity contribution in [3.8, 4) is 0 Å². The number of carbonyl (C=O) groups is 3. The van der Waals surface area contributed by atoms with Crippen LogP contribution in [0.4, 0.5) is 9.59 Å². The van der Waals surface area contributed by atoms with Gasteiger partial charge in [0, 0.05) is 0 Å². The van der Waals surface area contributed by atoms with Crippen LogP contribution in [-0.2, 0) is 4.79 Å². The zero-order valence-corrected chi connectivity index (χ0v) is 7.85. The standard InChI is InChI=1S/C7H10N4O4/c1-2(5(12)13)11-4-3(9-7(11)15)8-6(14)10-4/h2-4H,1H3,(H,9,15)(H,12,13)(H2,8,10,14)/t2-,3+,4+/m0/s1. The fraction of sp³-hybridized carbons (Fsp3) is 0.571. The van der Waals surface area contributed by atoms with Gasteiger partial charge in [-0.1, -0.05) is 0 Å². The zero-order chi connectivity index (χ0) is 11.2. The molecule has 0 saturated carbocycles. The van der Waals surface area contributed by atoms with Crippen LogP contribution in [0.3, 0.4) is 0 Å². The second-order valence-corrected chi connectivity index (χ2v) is 3.41. The van der Waals surface area contributed by atoms with Crippen molar-refractivity contribution in [1.82, 2.24) is 20.9 Å².